The smallest absolute Gasteiger partial charge is 0.238 e. The summed E-state index contributed by atoms with van der Waals surface area (Å²) in [5, 5.41) is 3.22. The first kappa shape index (κ1) is 13.4. The van der Waals surface area contributed by atoms with Crippen LogP contribution in [0.1, 0.15) is 20.3 Å². The lowest BCUT2D eigenvalue weighted by molar-refractivity contribution is -0.130. The minimum Gasteiger partial charge on any atom is -0.385 e. The van der Waals surface area contributed by atoms with Gasteiger partial charge in [0.25, 0.3) is 0 Å². The van der Waals surface area contributed by atoms with E-state index in [0.29, 0.717) is 6.04 Å². The number of nitrogens with one attached hydrogen (secondary N) is 1. The van der Waals surface area contributed by atoms with Crippen molar-refractivity contribution in [3.05, 3.63) is 0 Å². The number of carbonyl (C=O) groups excluding carboxylic acids is 1. The van der Waals surface area contributed by atoms with E-state index in [1.165, 1.54) is 0 Å². The Balaban J connectivity index is 3.80. The van der Waals surface area contributed by atoms with Crippen LogP contribution < -0.4 is 5.32 Å². The lowest BCUT2D eigenvalue weighted by atomic mass is 10.2. The van der Waals surface area contributed by atoms with Crippen LogP contribution in [0.2, 0.25) is 0 Å². The van der Waals surface area contributed by atoms with Crippen molar-refractivity contribution in [2.24, 2.45) is 0 Å². The standard InChI is InChI=1S/C10H22N2O2/c1-8(6-7-14-5)11-9(2)10(13)12(3)4/h8-9,11H,6-7H2,1-5H3. The van der Waals surface area contributed by atoms with Gasteiger partial charge in [-0.1, -0.05) is 0 Å². The lowest BCUT2D eigenvalue weighted by Crippen LogP contribution is -2.45. The van der Waals surface area contributed by atoms with Gasteiger partial charge in [-0.15, -0.1) is 0 Å². The SMILES string of the molecule is COCCC(C)NC(C)C(=O)N(C)C. The summed E-state index contributed by atoms with van der Waals surface area (Å²) in [5.74, 6) is 0.106. The Morgan fingerprint density at radius 3 is 2.43 bits per heavy atom. The van der Waals surface area contributed by atoms with E-state index in [-0.39, 0.29) is 11.9 Å². The Bertz CT molecular complexity index is 172. The summed E-state index contributed by atoms with van der Waals surface area (Å²) in [6.45, 7) is 4.65. The van der Waals surface area contributed by atoms with Gasteiger partial charge in [-0.2, -0.15) is 0 Å². The van der Waals surface area contributed by atoms with Crippen LogP contribution in [0.4, 0.5) is 0 Å². The first-order chi connectivity index (χ1) is 6.49. The average molecular weight is 202 g/mol. The van der Waals surface area contributed by atoms with Gasteiger partial charge in [0, 0.05) is 33.9 Å². The van der Waals surface area contributed by atoms with Gasteiger partial charge in [0.15, 0.2) is 0 Å². The third-order valence-corrected chi connectivity index (χ3v) is 2.10. The van der Waals surface area contributed by atoms with E-state index in [4.69, 9.17) is 4.74 Å². The van der Waals surface area contributed by atoms with E-state index in [9.17, 15) is 4.79 Å². The van der Waals surface area contributed by atoms with Crippen molar-refractivity contribution in [1.29, 1.82) is 0 Å². The second-order valence-corrected chi connectivity index (χ2v) is 3.80. The molecule has 0 aliphatic carbocycles. The Morgan fingerprint density at radius 2 is 2.00 bits per heavy atom. The molecule has 14 heavy (non-hydrogen) atoms. The predicted molar refractivity (Wildman–Crippen MR) is 57.2 cm³/mol. The summed E-state index contributed by atoms with van der Waals surface area (Å²) in [7, 11) is 5.21. The highest BCUT2D eigenvalue weighted by Gasteiger charge is 2.16. The zero-order valence-electron chi connectivity index (χ0n) is 9.83. The van der Waals surface area contributed by atoms with Crippen molar-refractivity contribution >= 4 is 5.91 Å². The highest BCUT2D eigenvalue weighted by atomic mass is 16.5. The van der Waals surface area contributed by atoms with Gasteiger partial charge in [0.05, 0.1) is 6.04 Å². The molecule has 0 radical (unpaired) electrons. The summed E-state index contributed by atoms with van der Waals surface area (Å²) < 4.78 is 4.97. The Morgan fingerprint density at radius 1 is 1.43 bits per heavy atom. The minimum atomic E-state index is -0.128. The third-order valence-electron chi connectivity index (χ3n) is 2.10. The summed E-state index contributed by atoms with van der Waals surface area (Å²) in [5.41, 5.74) is 0. The highest BCUT2D eigenvalue weighted by Crippen LogP contribution is 1.96. The van der Waals surface area contributed by atoms with Gasteiger partial charge in [-0.05, 0) is 20.3 Å². The van der Waals surface area contributed by atoms with E-state index in [1.807, 2.05) is 6.92 Å². The lowest BCUT2D eigenvalue weighted by Gasteiger charge is -2.21. The molecule has 1 amide bonds. The molecule has 0 bridgehead atoms. The summed E-state index contributed by atoms with van der Waals surface area (Å²) in [6.07, 6.45) is 0.918. The average Bonchev–Trinajstić information content (AvgIpc) is 2.13. The van der Waals surface area contributed by atoms with Crippen molar-refractivity contribution < 1.29 is 9.53 Å². The zero-order valence-corrected chi connectivity index (χ0v) is 9.83. The molecule has 0 aliphatic heterocycles. The van der Waals surface area contributed by atoms with Gasteiger partial charge in [-0.3, -0.25) is 4.79 Å². The molecule has 2 unspecified atom stereocenters. The van der Waals surface area contributed by atoms with Crippen LogP contribution in [0.25, 0.3) is 0 Å². The molecule has 0 spiro atoms. The number of amides is 1. The molecule has 4 nitrogen and oxygen atoms in total. The molecule has 0 aromatic carbocycles. The number of ether oxygens (including phenoxy) is 1. The predicted octanol–water partition coefficient (Wildman–Crippen LogP) is 0.478. The van der Waals surface area contributed by atoms with Gasteiger partial charge in [0.1, 0.15) is 0 Å². The number of carbonyl (C=O) groups is 1. The highest BCUT2D eigenvalue weighted by molar-refractivity contribution is 5.80. The number of hydrogen-bond donors (Lipinski definition) is 1. The van der Waals surface area contributed by atoms with Gasteiger partial charge in [-0.25, -0.2) is 0 Å². The molecule has 1 N–H and O–H groups in total. The molecule has 0 rings (SSSR count). The van der Waals surface area contributed by atoms with E-state index < -0.39 is 0 Å². The third kappa shape index (κ3) is 5.19. The second-order valence-electron chi connectivity index (χ2n) is 3.80. The fourth-order valence-electron chi connectivity index (χ4n) is 1.26. The maximum atomic E-state index is 11.5. The molecule has 0 aliphatic rings. The van der Waals surface area contributed by atoms with Crippen LogP contribution >= 0.6 is 0 Å². The van der Waals surface area contributed by atoms with Gasteiger partial charge < -0.3 is 15.0 Å². The van der Waals surface area contributed by atoms with Crippen molar-refractivity contribution in [3.8, 4) is 0 Å². The molecular weight excluding hydrogens is 180 g/mol. The van der Waals surface area contributed by atoms with E-state index in [1.54, 1.807) is 26.1 Å². The maximum Gasteiger partial charge on any atom is 0.238 e. The van der Waals surface area contributed by atoms with Gasteiger partial charge >= 0.3 is 0 Å². The fraction of sp³-hybridized carbons (Fsp3) is 0.900. The molecular formula is C10H22N2O2. The van der Waals surface area contributed by atoms with Crippen LogP contribution in [-0.4, -0.2) is 50.7 Å². The number of rotatable bonds is 6. The van der Waals surface area contributed by atoms with E-state index in [2.05, 4.69) is 12.2 Å². The second kappa shape index (κ2) is 6.79. The molecule has 2 atom stereocenters. The first-order valence-corrected chi connectivity index (χ1v) is 4.95. The quantitative estimate of drug-likeness (QED) is 0.681. The Kier molecular flexibility index (Phi) is 6.49. The molecule has 0 saturated heterocycles. The summed E-state index contributed by atoms with van der Waals surface area (Å²) >= 11 is 0. The number of nitrogens with zero attached hydrogens (tertiary/aromatic N) is 1. The first-order valence-electron chi connectivity index (χ1n) is 4.95. The molecule has 84 valence electrons. The molecule has 0 fully saturated rings. The molecule has 0 aromatic heterocycles. The number of methoxy groups -OCH3 is 1. The molecule has 4 heteroatoms. The van der Waals surface area contributed by atoms with Crippen molar-refractivity contribution in [2.75, 3.05) is 27.8 Å². The molecule has 0 aromatic rings. The summed E-state index contributed by atoms with van der Waals surface area (Å²) in [6, 6.07) is 0.172. The molecule has 0 saturated carbocycles. The number of hydrogen-bond acceptors (Lipinski definition) is 3. The summed E-state index contributed by atoms with van der Waals surface area (Å²) in [4.78, 5) is 13.1. The Hall–Kier alpha value is -0.610. The molecule has 0 heterocycles. The van der Waals surface area contributed by atoms with Gasteiger partial charge in [0.2, 0.25) is 5.91 Å². The van der Waals surface area contributed by atoms with Crippen LogP contribution in [0, 0.1) is 0 Å². The Labute approximate surface area is 86.6 Å². The zero-order chi connectivity index (χ0) is 11.1. The maximum absolute atomic E-state index is 11.5. The van der Waals surface area contributed by atoms with Crippen LogP contribution in [0.5, 0.6) is 0 Å². The van der Waals surface area contributed by atoms with Crippen molar-refractivity contribution in [3.63, 3.8) is 0 Å². The fourth-order valence-corrected chi connectivity index (χ4v) is 1.26. The van der Waals surface area contributed by atoms with Crippen LogP contribution in [-0.2, 0) is 9.53 Å². The minimum absolute atomic E-state index is 0.106. The normalized spacial score (nSPS) is 14.9. The van der Waals surface area contributed by atoms with Crippen LogP contribution in [0.3, 0.4) is 0 Å². The van der Waals surface area contributed by atoms with Crippen molar-refractivity contribution in [2.45, 2.75) is 32.4 Å². The monoisotopic (exact) mass is 202 g/mol. The topological polar surface area (TPSA) is 41.6 Å². The van der Waals surface area contributed by atoms with Crippen LogP contribution in [0.15, 0.2) is 0 Å². The largest absolute Gasteiger partial charge is 0.385 e. The number of likely N-dealkylation sites (N-methyl/N-ethyl adjacent to an activating group) is 1. The van der Waals surface area contributed by atoms with E-state index in [0.717, 1.165) is 13.0 Å². The van der Waals surface area contributed by atoms with Crippen molar-refractivity contribution in [1.82, 2.24) is 10.2 Å². The van der Waals surface area contributed by atoms with E-state index >= 15 is 0 Å².